The van der Waals surface area contributed by atoms with Crippen LogP contribution in [0.2, 0.25) is 10.0 Å². The van der Waals surface area contributed by atoms with Crippen LogP contribution in [0.1, 0.15) is 37.7 Å². The van der Waals surface area contributed by atoms with Gasteiger partial charge in [0.2, 0.25) is 5.91 Å². The number of nitrogens with one attached hydrogen (secondary N) is 1. The lowest BCUT2D eigenvalue weighted by atomic mass is 9.86. The Morgan fingerprint density at radius 2 is 1.86 bits per heavy atom. The molecule has 1 aromatic carbocycles. The summed E-state index contributed by atoms with van der Waals surface area (Å²) in [5.74, 6) is -1.02. The Labute approximate surface area is 139 Å². The zero-order chi connectivity index (χ0) is 16.1. The van der Waals surface area contributed by atoms with E-state index < -0.39 is 5.97 Å². The topological polar surface area (TPSA) is 66.4 Å². The second-order valence-corrected chi connectivity index (χ2v) is 6.53. The molecule has 1 aromatic rings. The summed E-state index contributed by atoms with van der Waals surface area (Å²) >= 11 is 11.9. The van der Waals surface area contributed by atoms with Gasteiger partial charge in [0.1, 0.15) is 0 Å². The third kappa shape index (κ3) is 4.89. The van der Waals surface area contributed by atoms with E-state index in [1.807, 2.05) is 6.07 Å². The second kappa shape index (κ2) is 7.84. The van der Waals surface area contributed by atoms with Gasteiger partial charge in [-0.15, -0.1) is 0 Å². The Hall–Kier alpha value is -1.26. The molecule has 0 saturated heterocycles. The maximum absolute atomic E-state index is 12.0. The van der Waals surface area contributed by atoms with Crippen LogP contribution in [-0.4, -0.2) is 23.0 Å². The fraction of sp³-hybridized carbons (Fsp3) is 0.500. The number of carbonyl (C=O) groups excluding carboxylic acids is 1. The van der Waals surface area contributed by atoms with Gasteiger partial charge in [-0.2, -0.15) is 0 Å². The van der Waals surface area contributed by atoms with Crippen molar-refractivity contribution in [1.82, 2.24) is 5.32 Å². The largest absolute Gasteiger partial charge is 0.481 e. The van der Waals surface area contributed by atoms with Gasteiger partial charge in [-0.25, -0.2) is 0 Å². The number of benzene rings is 1. The third-order valence-electron chi connectivity index (χ3n) is 4.08. The summed E-state index contributed by atoms with van der Waals surface area (Å²) in [6, 6.07) is 5.34. The highest BCUT2D eigenvalue weighted by atomic mass is 35.5. The van der Waals surface area contributed by atoms with Crippen molar-refractivity contribution < 1.29 is 14.7 Å². The van der Waals surface area contributed by atoms with Gasteiger partial charge in [0, 0.05) is 22.5 Å². The molecule has 0 radical (unpaired) electrons. The maximum Gasteiger partial charge on any atom is 0.306 e. The number of aliphatic carboxylic acids is 1. The maximum atomic E-state index is 12.0. The molecule has 2 rings (SSSR count). The standard InChI is InChI=1S/C16H19Cl2NO3/c17-12-5-1-10(14(18)9-12)4-8-15(20)19-13-6-2-11(3-7-13)16(21)22/h1,5,9,11,13H,2-4,6-8H2,(H,19,20)(H,21,22). The molecule has 22 heavy (non-hydrogen) atoms. The van der Waals surface area contributed by atoms with Crippen LogP contribution in [0.15, 0.2) is 18.2 Å². The highest BCUT2D eigenvalue weighted by Crippen LogP contribution is 2.25. The number of hydrogen-bond acceptors (Lipinski definition) is 2. The molecular weight excluding hydrogens is 325 g/mol. The summed E-state index contributed by atoms with van der Waals surface area (Å²) in [6.45, 7) is 0. The van der Waals surface area contributed by atoms with Gasteiger partial charge in [0.05, 0.1) is 5.92 Å². The number of carboxylic acid groups (broad SMARTS) is 1. The molecule has 0 spiro atoms. The molecule has 120 valence electrons. The van der Waals surface area contributed by atoms with Gasteiger partial charge in [-0.3, -0.25) is 9.59 Å². The lowest BCUT2D eigenvalue weighted by Crippen LogP contribution is -2.38. The lowest BCUT2D eigenvalue weighted by molar-refractivity contribution is -0.142. The van der Waals surface area contributed by atoms with Gasteiger partial charge in [0.25, 0.3) is 0 Å². The fourth-order valence-corrected chi connectivity index (χ4v) is 3.26. The molecule has 2 N–H and O–H groups in total. The molecule has 0 aliphatic heterocycles. The minimum atomic E-state index is -0.734. The molecule has 1 aliphatic carbocycles. The van der Waals surface area contributed by atoms with Crippen LogP contribution in [-0.2, 0) is 16.0 Å². The van der Waals surface area contributed by atoms with E-state index in [-0.39, 0.29) is 17.9 Å². The molecule has 6 heteroatoms. The summed E-state index contributed by atoms with van der Waals surface area (Å²) < 4.78 is 0. The first-order valence-corrected chi connectivity index (χ1v) is 8.17. The molecule has 1 saturated carbocycles. The monoisotopic (exact) mass is 343 g/mol. The van der Waals surface area contributed by atoms with Crippen LogP contribution >= 0.6 is 23.2 Å². The Bertz CT molecular complexity index is 554. The summed E-state index contributed by atoms with van der Waals surface area (Å²) in [4.78, 5) is 22.9. The normalized spacial score (nSPS) is 21.4. The second-order valence-electron chi connectivity index (χ2n) is 5.69. The number of amides is 1. The van der Waals surface area contributed by atoms with Crippen LogP contribution in [0.3, 0.4) is 0 Å². The van der Waals surface area contributed by atoms with Gasteiger partial charge in [-0.05, 0) is 49.8 Å². The zero-order valence-electron chi connectivity index (χ0n) is 12.1. The van der Waals surface area contributed by atoms with E-state index in [2.05, 4.69) is 5.32 Å². The summed E-state index contributed by atoms with van der Waals surface area (Å²) in [6.07, 6.45) is 3.63. The number of rotatable bonds is 5. The van der Waals surface area contributed by atoms with E-state index in [1.54, 1.807) is 12.1 Å². The molecule has 1 amide bonds. The molecule has 0 unspecified atom stereocenters. The van der Waals surface area contributed by atoms with E-state index in [9.17, 15) is 9.59 Å². The molecule has 0 atom stereocenters. The van der Waals surface area contributed by atoms with Gasteiger partial charge in [0.15, 0.2) is 0 Å². The minimum absolute atomic E-state index is 0.0233. The van der Waals surface area contributed by atoms with Crippen molar-refractivity contribution in [3.05, 3.63) is 33.8 Å². The first-order valence-electron chi connectivity index (χ1n) is 7.42. The van der Waals surface area contributed by atoms with Crippen molar-refractivity contribution in [3.63, 3.8) is 0 Å². The van der Waals surface area contributed by atoms with E-state index in [0.717, 1.165) is 18.4 Å². The van der Waals surface area contributed by atoms with Crippen molar-refractivity contribution in [2.45, 2.75) is 44.6 Å². The number of halogens is 2. The van der Waals surface area contributed by atoms with Gasteiger partial charge in [-0.1, -0.05) is 29.3 Å². The van der Waals surface area contributed by atoms with Crippen LogP contribution in [0.4, 0.5) is 0 Å². The lowest BCUT2D eigenvalue weighted by Gasteiger charge is -2.26. The number of carbonyl (C=O) groups is 2. The van der Waals surface area contributed by atoms with E-state index in [0.29, 0.717) is 35.7 Å². The predicted molar refractivity (Wildman–Crippen MR) is 86.3 cm³/mol. The van der Waals surface area contributed by atoms with Crippen LogP contribution in [0.5, 0.6) is 0 Å². The van der Waals surface area contributed by atoms with Crippen molar-refractivity contribution in [1.29, 1.82) is 0 Å². The summed E-state index contributed by atoms with van der Waals surface area (Å²) in [5.41, 5.74) is 0.899. The smallest absolute Gasteiger partial charge is 0.306 e. The van der Waals surface area contributed by atoms with Crippen LogP contribution in [0, 0.1) is 5.92 Å². The van der Waals surface area contributed by atoms with Crippen LogP contribution in [0.25, 0.3) is 0 Å². The van der Waals surface area contributed by atoms with Crippen molar-refractivity contribution in [2.75, 3.05) is 0 Å². The minimum Gasteiger partial charge on any atom is -0.481 e. The summed E-state index contributed by atoms with van der Waals surface area (Å²) in [7, 11) is 0. The number of carboxylic acids is 1. The highest BCUT2D eigenvalue weighted by molar-refractivity contribution is 6.35. The van der Waals surface area contributed by atoms with E-state index in [4.69, 9.17) is 28.3 Å². The predicted octanol–water partition coefficient (Wildman–Crippen LogP) is 3.69. The molecule has 1 fully saturated rings. The van der Waals surface area contributed by atoms with Crippen molar-refractivity contribution in [3.8, 4) is 0 Å². The molecule has 4 nitrogen and oxygen atoms in total. The average Bonchev–Trinajstić information content (AvgIpc) is 2.47. The quantitative estimate of drug-likeness (QED) is 0.856. The van der Waals surface area contributed by atoms with Gasteiger partial charge < -0.3 is 10.4 Å². The Balaban J connectivity index is 1.75. The molecule has 1 aliphatic rings. The van der Waals surface area contributed by atoms with Crippen LogP contribution < -0.4 is 5.32 Å². The highest BCUT2D eigenvalue weighted by Gasteiger charge is 2.26. The number of hydrogen-bond donors (Lipinski definition) is 2. The van der Waals surface area contributed by atoms with E-state index >= 15 is 0 Å². The Morgan fingerprint density at radius 1 is 1.18 bits per heavy atom. The van der Waals surface area contributed by atoms with Gasteiger partial charge >= 0.3 is 5.97 Å². The summed E-state index contributed by atoms with van der Waals surface area (Å²) in [5, 5.41) is 13.1. The first-order chi connectivity index (χ1) is 10.5. The SMILES string of the molecule is O=C(CCc1ccc(Cl)cc1Cl)NC1CCC(C(=O)O)CC1. The zero-order valence-corrected chi connectivity index (χ0v) is 13.7. The van der Waals surface area contributed by atoms with Crippen molar-refractivity contribution >= 4 is 35.1 Å². The first kappa shape index (κ1) is 17.1. The molecule has 0 aromatic heterocycles. The van der Waals surface area contributed by atoms with E-state index in [1.165, 1.54) is 0 Å². The average molecular weight is 344 g/mol. The Morgan fingerprint density at radius 3 is 2.45 bits per heavy atom. The Kier molecular flexibility index (Phi) is 6.09. The molecule has 0 heterocycles. The molecule has 0 bridgehead atoms. The fourth-order valence-electron chi connectivity index (χ4n) is 2.76. The third-order valence-corrected chi connectivity index (χ3v) is 4.66. The van der Waals surface area contributed by atoms with Crippen molar-refractivity contribution in [2.24, 2.45) is 5.92 Å². The number of aryl methyl sites for hydroxylation is 1. The molecular formula is C16H19Cl2NO3.